The Labute approximate surface area is 186 Å². The summed E-state index contributed by atoms with van der Waals surface area (Å²) in [5.41, 5.74) is 3.52. The van der Waals surface area contributed by atoms with Crippen molar-refractivity contribution in [1.29, 1.82) is 0 Å². The highest BCUT2D eigenvalue weighted by molar-refractivity contribution is 7.20. The van der Waals surface area contributed by atoms with Crippen molar-refractivity contribution in [2.24, 2.45) is 0 Å². The number of fused-ring (bicyclic) bond motifs is 1. The summed E-state index contributed by atoms with van der Waals surface area (Å²) in [6.45, 7) is 2.07. The molecule has 0 radical (unpaired) electrons. The second-order valence-corrected chi connectivity index (χ2v) is 8.76. The molecule has 1 N–H and O–H groups in total. The predicted octanol–water partition coefficient (Wildman–Crippen LogP) is 5.95. The number of nitrogens with one attached hydrogen (secondary N) is 1. The van der Waals surface area contributed by atoms with Gasteiger partial charge in [-0.1, -0.05) is 36.4 Å². The maximum Gasteiger partial charge on any atom is 0.348 e. The van der Waals surface area contributed by atoms with Crippen molar-refractivity contribution in [3.8, 4) is 5.69 Å². The SMILES string of the molecule is Cc1nn(-c2ccccc2)c2sc(C(=O)OCc3csc(Nc4ccccc4)n3)cc12. The van der Waals surface area contributed by atoms with E-state index in [0.29, 0.717) is 10.6 Å². The highest BCUT2D eigenvalue weighted by Gasteiger charge is 2.18. The zero-order valence-corrected chi connectivity index (χ0v) is 18.2. The fourth-order valence-corrected chi connectivity index (χ4v) is 4.97. The molecule has 6 nitrogen and oxygen atoms in total. The van der Waals surface area contributed by atoms with Crippen LogP contribution in [0.3, 0.4) is 0 Å². The highest BCUT2D eigenvalue weighted by Crippen LogP contribution is 2.31. The van der Waals surface area contributed by atoms with Gasteiger partial charge in [0.15, 0.2) is 5.13 Å². The molecular formula is C23H18N4O2S2. The lowest BCUT2D eigenvalue weighted by molar-refractivity contribution is 0.0474. The Morgan fingerprint density at radius 2 is 1.84 bits per heavy atom. The number of carbonyl (C=O) groups excluding carboxylic acids is 1. The molecule has 0 aliphatic heterocycles. The van der Waals surface area contributed by atoms with Gasteiger partial charge in [0.2, 0.25) is 0 Å². The number of rotatable bonds is 6. The average Bonchev–Trinajstić information content (AvgIpc) is 3.50. The van der Waals surface area contributed by atoms with Crippen LogP contribution in [0.25, 0.3) is 15.9 Å². The Morgan fingerprint density at radius 3 is 2.61 bits per heavy atom. The molecule has 0 aliphatic rings. The second kappa shape index (κ2) is 8.33. The Morgan fingerprint density at radius 1 is 1.10 bits per heavy atom. The van der Waals surface area contributed by atoms with Crippen LogP contribution in [0, 0.1) is 6.92 Å². The lowest BCUT2D eigenvalue weighted by atomic mass is 10.3. The molecule has 0 saturated heterocycles. The molecule has 5 aromatic rings. The number of aromatic nitrogens is 3. The van der Waals surface area contributed by atoms with Crippen LogP contribution in [-0.2, 0) is 11.3 Å². The van der Waals surface area contributed by atoms with E-state index >= 15 is 0 Å². The normalized spacial score (nSPS) is 11.0. The molecule has 8 heteroatoms. The molecular weight excluding hydrogens is 428 g/mol. The molecule has 0 bridgehead atoms. The summed E-state index contributed by atoms with van der Waals surface area (Å²) < 4.78 is 7.39. The van der Waals surface area contributed by atoms with Crippen LogP contribution >= 0.6 is 22.7 Å². The molecule has 0 unspecified atom stereocenters. The van der Waals surface area contributed by atoms with Gasteiger partial charge >= 0.3 is 5.97 Å². The van der Waals surface area contributed by atoms with Crippen molar-refractivity contribution in [2.75, 3.05) is 5.32 Å². The molecule has 2 aromatic carbocycles. The number of esters is 1. The van der Waals surface area contributed by atoms with E-state index in [1.807, 2.05) is 83.7 Å². The van der Waals surface area contributed by atoms with E-state index in [2.05, 4.69) is 15.4 Å². The molecule has 0 spiro atoms. The molecule has 31 heavy (non-hydrogen) atoms. The smallest absolute Gasteiger partial charge is 0.348 e. The van der Waals surface area contributed by atoms with Crippen LogP contribution in [0.1, 0.15) is 21.1 Å². The third-order valence-corrected chi connectivity index (χ3v) is 6.57. The van der Waals surface area contributed by atoms with Crippen molar-refractivity contribution < 1.29 is 9.53 Å². The summed E-state index contributed by atoms with van der Waals surface area (Å²) >= 11 is 2.86. The standard InChI is InChI=1S/C23H18N4O2S2/c1-15-19-12-20(31-21(19)27(26-15)18-10-6-3-7-11-18)22(28)29-13-17-14-30-23(25-17)24-16-8-4-2-5-9-16/h2-12,14H,13H2,1H3,(H,24,25). The van der Waals surface area contributed by atoms with E-state index in [-0.39, 0.29) is 12.6 Å². The zero-order valence-electron chi connectivity index (χ0n) is 16.6. The number of para-hydroxylation sites is 2. The van der Waals surface area contributed by atoms with Crippen LogP contribution in [-0.4, -0.2) is 20.7 Å². The minimum Gasteiger partial charge on any atom is -0.455 e. The van der Waals surface area contributed by atoms with Crippen molar-refractivity contribution in [3.05, 3.63) is 88.4 Å². The monoisotopic (exact) mass is 446 g/mol. The van der Waals surface area contributed by atoms with E-state index in [9.17, 15) is 4.79 Å². The van der Waals surface area contributed by atoms with Gasteiger partial charge in [-0.05, 0) is 37.3 Å². The Balaban J connectivity index is 1.29. The molecule has 0 aliphatic carbocycles. The average molecular weight is 447 g/mol. The lowest BCUT2D eigenvalue weighted by Crippen LogP contribution is -2.03. The zero-order chi connectivity index (χ0) is 21.2. The van der Waals surface area contributed by atoms with Gasteiger partial charge in [-0.3, -0.25) is 0 Å². The summed E-state index contributed by atoms with van der Waals surface area (Å²) in [5, 5.41) is 11.5. The van der Waals surface area contributed by atoms with Gasteiger partial charge < -0.3 is 10.1 Å². The number of thiophene rings is 1. The van der Waals surface area contributed by atoms with Gasteiger partial charge in [0.1, 0.15) is 16.3 Å². The van der Waals surface area contributed by atoms with Gasteiger partial charge in [-0.15, -0.1) is 22.7 Å². The summed E-state index contributed by atoms with van der Waals surface area (Å²) in [7, 11) is 0. The molecule has 5 rings (SSSR count). The topological polar surface area (TPSA) is 69.0 Å². The molecule has 0 atom stereocenters. The lowest BCUT2D eigenvalue weighted by Gasteiger charge is -2.02. The van der Waals surface area contributed by atoms with Crippen molar-refractivity contribution in [2.45, 2.75) is 13.5 Å². The van der Waals surface area contributed by atoms with E-state index in [1.54, 1.807) is 0 Å². The largest absolute Gasteiger partial charge is 0.455 e. The summed E-state index contributed by atoms with van der Waals surface area (Å²) in [6, 6.07) is 21.6. The van der Waals surface area contributed by atoms with Gasteiger partial charge in [0, 0.05) is 16.5 Å². The number of hydrogen-bond acceptors (Lipinski definition) is 7. The van der Waals surface area contributed by atoms with Crippen LogP contribution in [0.15, 0.2) is 72.1 Å². The fourth-order valence-electron chi connectivity index (χ4n) is 3.18. The third kappa shape index (κ3) is 4.08. The van der Waals surface area contributed by atoms with Gasteiger partial charge in [-0.2, -0.15) is 5.10 Å². The number of ether oxygens (including phenoxy) is 1. The number of anilines is 2. The summed E-state index contributed by atoms with van der Waals surface area (Å²) in [4.78, 5) is 18.6. The Kier molecular flexibility index (Phi) is 5.23. The van der Waals surface area contributed by atoms with Gasteiger partial charge in [0.25, 0.3) is 0 Å². The predicted molar refractivity (Wildman–Crippen MR) is 125 cm³/mol. The molecule has 154 valence electrons. The summed E-state index contributed by atoms with van der Waals surface area (Å²) in [6.07, 6.45) is 0. The van der Waals surface area contributed by atoms with Crippen LogP contribution in [0.5, 0.6) is 0 Å². The number of carbonyl (C=O) groups is 1. The fraction of sp³-hybridized carbons (Fsp3) is 0.0870. The summed E-state index contributed by atoms with van der Waals surface area (Å²) in [5.74, 6) is -0.356. The van der Waals surface area contributed by atoms with E-state index < -0.39 is 0 Å². The first-order chi connectivity index (χ1) is 15.2. The van der Waals surface area contributed by atoms with Gasteiger partial charge in [0.05, 0.1) is 17.1 Å². The highest BCUT2D eigenvalue weighted by atomic mass is 32.1. The van der Waals surface area contributed by atoms with E-state index in [0.717, 1.165) is 32.4 Å². The molecule has 0 amide bonds. The Bertz CT molecular complexity index is 1340. The first kappa shape index (κ1) is 19.5. The minimum atomic E-state index is -0.356. The van der Waals surface area contributed by atoms with E-state index in [4.69, 9.17) is 4.74 Å². The minimum absolute atomic E-state index is 0.129. The molecule has 3 heterocycles. The van der Waals surface area contributed by atoms with Crippen LogP contribution < -0.4 is 5.32 Å². The first-order valence-electron chi connectivity index (χ1n) is 9.65. The van der Waals surface area contributed by atoms with Gasteiger partial charge in [-0.25, -0.2) is 14.5 Å². The number of hydrogen-bond donors (Lipinski definition) is 1. The van der Waals surface area contributed by atoms with Crippen molar-refractivity contribution >= 4 is 49.7 Å². The number of nitrogens with zero attached hydrogens (tertiary/aromatic N) is 3. The molecule has 3 aromatic heterocycles. The number of aryl methyl sites for hydroxylation is 1. The second-order valence-electron chi connectivity index (χ2n) is 6.87. The first-order valence-corrected chi connectivity index (χ1v) is 11.4. The Hall–Kier alpha value is -3.49. The molecule has 0 fully saturated rings. The maximum absolute atomic E-state index is 12.7. The number of thiazole rings is 1. The maximum atomic E-state index is 12.7. The van der Waals surface area contributed by atoms with Crippen molar-refractivity contribution in [1.82, 2.24) is 14.8 Å². The van der Waals surface area contributed by atoms with E-state index in [1.165, 1.54) is 22.7 Å². The quantitative estimate of drug-likeness (QED) is 0.326. The molecule has 0 saturated carbocycles. The van der Waals surface area contributed by atoms with Crippen LogP contribution in [0.2, 0.25) is 0 Å². The van der Waals surface area contributed by atoms with Crippen molar-refractivity contribution in [3.63, 3.8) is 0 Å². The number of benzene rings is 2. The third-order valence-electron chi connectivity index (χ3n) is 4.67. The van der Waals surface area contributed by atoms with Crippen LogP contribution in [0.4, 0.5) is 10.8 Å².